The predicted molar refractivity (Wildman–Crippen MR) is 101 cm³/mol. The molecule has 2 aromatic carbocycles. The Morgan fingerprint density at radius 3 is 2.36 bits per heavy atom. The van der Waals surface area contributed by atoms with Crippen molar-refractivity contribution in [3.63, 3.8) is 0 Å². The second kappa shape index (κ2) is 6.53. The van der Waals surface area contributed by atoms with Gasteiger partial charge in [-0.25, -0.2) is 14.4 Å². The molecule has 1 aliphatic rings. The van der Waals surface area contributed by atoms with E-state index < -0.39 is 28.5 Å². The maximum atomic E-state index is 13.2. The highest BCUT2D eigenvalue weighted by molar-refractivity contribution is 6.16. The van der Waals surface area contributed by atoms with Gasteiger partial charge in [-0.05, 0) is 42.3 Å². The molecule has 140 valence electrons. The summed E-state index contributed by atoms with van der Waals surface area (Å²) in [6.07, 6.45) is 3.13. The zero-order chi connectivity index (χ0) is 19.8. The number of halogens is 1. The van der Waals surface area contributed by atoms with Gasteiger partial charge in [0.2, 0.25) is 11.8 Å². The number of nitrogens with two attached hydrogens (primary N) is 1. The Morgan fingerprint density at radius 2 is 1.75 bits per heavy atom. The Morgan fingerprint density at radius 1 is 1.04 bits per heavy atom. The van der Waals surface area contributed by atoms with Crippen molar-refractivity contribution in [1.82, 2.24) is 9.97 Å². The molecule has 6 nitrogen and oxygen atoms in total. The fraction of sp³-hybridized carbons (Fsp3) is 0.143. The van der Waals surface area contributed by atoms with E-state index in [2.05, 4.69) is 15.3 Å². The molecule has 0 spiro atoms. The summed E-state index contributed by atoms with van der Waals surface area (Å²) < 4.78 is 13.2. The highest BCUT2D eigenvalue weighted by Gasteiger charge is 2.78. The number of carbonyl (C=O) groups is 2. The van der Waals surface area contributed by atoms with Crippen LogP contribution in [0.4, 0.5) is 10.1 Å². The Kier molecular flexibility index (Phi) is 4.15. The quantitative estimate of drug-likeness (QED) is 0.668. The van der Waals surface area contributed by atoms with Crippen molar-refractivity contribution in [2.45, 2.75) is 11.8 Å². The molecule has 3 N–H and O–H groups in total. The van der Waals surface area contributed by atoms with Crippen LogP contribution < -0.4 is 11.1 Å². The van der Waals surface area contributed by atoms with Crippen LogP contribution in [-0.2, 0) is 15.0 Å². The van der Waals surface area contributed by atoms with Crippen LogP contribution in [0.25, 0.3) is 0 Å². The monoisotopic (exact) mass is 376 g/mol. The zero-order valence-corrected chi connectivity index (χ0v) is 14.8. The average Bonchev–Trinajstić information content (AvgIpc) is 3.44. The summed E-state index contributed by atoms with van der Waals surface area (Å²) >= 11 is 0. The standard InChI is InChI=1S/C21H17FN4O2/c22-15-6-8-16(9-7-15)26-19(28)21(18(23)27)12-20(21,14-4-2-1-3-5-14)17-10-11-24-13-25-17/h1-11,13H,12H2,(H2,23,27)(H,26,28). The van der Waals surface area contributed by atoms with Gasteiger partial charge in [0.15, 0.2) is 0 Å². The van der Waals surface area contributed by atoms with Gasteiger partial charge in [0.1, 0.15) is 17.6 Å². The van der Waals surface area contributed by atoms with Gasteiger partial charge in [0.05, 0.1) is 11.1 Å². The molecule has 0 radical (unpaired) electrons. The number of aromatic nitrogens is 2. The number of amides is 2. The lowest BCUT2D eigenvalue weighted by Gasteiger charge is -2.23. The molecule has 1 aliphatic carbocycles. The number of hydrogen-bond acceptors (Lipinski definition) is 4. The van der Waals surface area contributed by atoms with E-state index in [9.17, 15) is 14.0 Å². The average molecular weight is 376 g/mol. The van der Waals surface area contributed by atoms with Gasteiger partial charge < -0.3 is 11.1 Å². The third-order valence-electron chi connectivity index (χ3n) is 5.33. The Hall–Kier alpha value is -3.61. The summed E-state index contributed by atoms with van der Waals surface area (Å²) in [6, 6.07) is 16.2. The lowest BCUT2D eigenvalue weighted by atomic mass is 9.82. The second-order valence-electron chi connectivity index (χ2n) is 6.77. The fourth-order valence-electron chi connectivity index (χ4n) is 3.88. The van der Waals surface area contributed by atoms with Gasteiger partial charge in [0, 0.05) is 11.9 Å². The van der Waals surface area contributed by atoms with Crippen molar-refractivity contribution in [3.05, 3.63) is 90.3 Å². The number of primary amides is 1. The van der Waals surface area contributed by atoms with Crippen molar-refractivity contribution >= 4 is 17.5 Å². The number of anilines is 1. The van der Waals surface area contributed by atoms with Crippen LogP contribution >= 0.6 is 0 Å². The Balaban J connectivity index is 1.81. The molecule has 0 aliphatic heterocycles. The number of rotatable bonds is 5. The van der Waals surface area contributed by atoms with Gasteiger partial charge in [-0.1, -0.05) is 30.3 Å². The lowest BCUT2D eigenvalue weighted by Crippen LogP contribution is -2.42. The third-order valence-corrected chi connectivity index (χ3v) is 5.33. The van der Waals surface area contributed by atoms with Gasteiger partial charge in [-0.15, -0.1) is 0 Å². The summed E-state index contributed by atoms with van der Waals surface area (Å²) in [4.78, 5) is 34.1. The van der Waals surface area contributed by atoms with Crippen LogP contribution in [0.15, 0.2) is 73.2 Å². The van der Waals surface area contributed by atoms with E-state index in [4.69, 9.17) is 5.73 Å². The largest absolute Gasteiger partial charge is 0.369 e. The van der Waals surface area contributed by atoms with E-state index in [1.54, 1.807) is 12.3 Å². The topological polar surface area (TPSA) is 98.0 Å². The molecular formula is C21H17FN4O2. The minimum atomic E-state index is -1.52. The molecule has 1 aromatic heterocycles. The summed E-state index contributed by atoms with van der Waals surface area (Å²) in [6.45, 7) is 0. The minimum Gasteiger partial charge on any atom is -0.369 e. The van der Waals surface area contributed by atoms with Crippen LogP contribution in [-0.4, -0.2) is 21.8 Å². The van der Waals surface area contributed by atoms with Crippen LogP contribution in [0, 0.1) is 11.2 Å². The number of carbonyl (C=O) groups excluding carboxylic acids is 2. The highest BCUT2D eigenvalue weighted by atomic mass is 19.1. The van der Waals surface area contributed by atoms with E-state index in [-0.39, 0.29) is 6.42 Å². The molecule has 3 aromatic rings. The number of hydrogen-bond donors (Lipinski definition) is 2. The molecule has 1 fully saturated rings. The van der Waals surface area contributed by atoms with Crippen molar-refractivity contribution in [2.75, 3.05) is 5.32 Å². The van der Waals surface area contributed by atoms with Crippen molar-refractivity contribution in [3.8, 4) is 0 Å². The molecule has 2 unspecified atom stereocenters. The van der Waals surface area contributed by atoms with Gasteiger partial charge in [0.25, 0.3) is 0 Å². The Labute approximate surface area is 160 Å². The van der Waals surface area contributed by atoms with E-state index >= 15 is 0 Å². The first kappa shape index (κ1) is 17.8. The molecule has 2 atom stereocenters. The van der Waals surface area contributed by atoms with Gasteiger partial charge in [-0.3, -0.25) is 9.59 Å². The molecule has 1 saturated carbocycles. The molecule has 2 amide bonds. The van der Waals surface area contributed by atoms with E-state index in [0.717, 1.165) is 5.56 Å². The lowest BCUT2D eigenvalue weighted by molar-refractivity contribution is -0.133. The summed E-state index contributed by atoms with van der Waals surface area (Å²) in [5.74, 6) is -1.71. The number of nitrogens with one attached hydrogen (secondary N) is 1. The van der Waals surface area contributed by atoms with Crippen molar-refractivity contribution < 1.29 is 14.0 Å². The predicted octanol–water partition coefficient (Wildman–Crippen LogP) is 2.42. The molecule has 7 heteroatoms. The maximum absolute atomic E-state index is 13.2. The van der Waals surface area contributed by atoms with Crippen molar-refractivity contribution in [2.24, 2.45) is 11.1 Å². The van der Waals surface area contributed by atoms with E-state index in [0.29, 0.717) is 11.4 Å². The molecule has 28 heavy (non-hydrogen) atoms. The summed E-state index contributed by atoms with van der Waals surface area (Å²) in [5.41, 5.74) is 4.94. The van der Waals surface area contributed by atoms with Crippen LogP contribution in [0.5, 0.6) is 0 Å². The van der Waals surface area contributed by atoms with Crippen LogP contribution in [0.2, 0.25) is 0 Å². The van der Waals surface area contributed by atoms with Crippen molar-refractivity contribution in [1.29, 1.82) is 0 Å². The molecular weight excluding hydrogens is 359 g/mol. The first-order valence-electron chi connectivity index (χ1n) is 8.70. The van der Waals surface area contributed by atoms with Gasteiger partial charge >= 0.3 is 0 Å². The number of nitrogens with zero attached hydrogens (tertiary/aromatic N) is 2. The molecule has 0 bridgehead atoms. The molecule has 0 saturated heterocycles. The van der Waals surface area contributed by atoms with Crippen LogP contribution in [0.1, 0.15) is 17.7 Å². The first-order valence-corrected chi connectivity index (χ1v) is 8.70. The first-order chi connectivity index (χ1) is 13.5. The fourth-order valence-corrected chi connectivity index (χ4v) is 3.88. The van der Waals surface area contributed by atoms with Gasteiger partial charge in [-0.2, -0.15) is 0 Å². The number of benzene rings is 2. The third kappa shape index (κ3) is 2.55. The SMILES string of the molecule is NC(=O)C1(C(=O)Nc2ccc(F)cc2)CC1(c1ccccc1)c1ccncn1. The van der Waals surface area contributed by atoms with E-state index in [1.807, 2.05) is 30.3 Å². The smallest absolute Gasteiger partial charge is 0.241 e. The minimum absolute atomic E-state index is 0.184. The second-order valence-corrected chi connectivity index (χ2v) is 6.77. The zero-order valence-electron chi connectivity index (χ0n) is 14.8. The summed E-state index contributed by atoms with van der Waals surface area (Å²) in [7, 11) is 0. The highest BCUT2D eigenvalue weighted by Crippen LogP contribution is 2.68. The normalized spacial score (nSPS) is 23.0. The maximum Gasteiger partial charge on any atom is 0.241 e. The van der Waals surface area contributed by atoms with Crippen LogP contribution in [0.3, 0.4) is 0 Å². The molecule has 1 heterocycles. The molecule has 4 rings (SSSR count). The Bertz CT molecular complexity index is 986. The summed E-state index contributed by atoms with van der Waals surface area (Å²) in [5, 5.41) is 2.70. The van der Waals surface area contributed by atoms with E-state index in [1.165, 1.54) is 30.6 Å².